The van der Waals surface area contributed by atoms with Gasteiger partial charge in [0, 0.05) is 10.5 Å². The van der Waals surface area contributed by atoms with Crippen LogP contribution in [-0.2, 0) is 9.59 Å². The highest BCUT2D eigenvalue weighted by Crippen LogP contribution is 2.35. The number of carbonyl (C=O) groups is 3. The lowest BCUT2D eigenvalue weighted by Gasteiger charge is -2.21. The van der Waals surface area contributed by atoms with E-state index in [1.54, 1.807) is 25.1 Å². The molecule has 1 aromatic carbocycles. The number of thioether (sulfide) groups is 1. The van der Waals surface area contributed by atoms with Crippen LogP contribution >= 0.6 is 11.8 Å². The van der Waals surface area contributed by atoms with Gasteiger partial charge in [0.05, 0.1) is 10.9 Å². The fraction of sp³-hybridized carbons (Fsp3) is 0.308. The molecule has 1 aliphatic heterocycles. The van der Waals surface area contributed by atoms with Gasteiger partial charge in [-0.05, 0) is 32.0 Å². The molecule has 3 N–H and O–H groups in total. The predicted molar refractivity (Wildman–Crippen MR) is 75.0 cm³/mol. The Kier molecular flexibility index (Phi) is 3.99. The van der Waals surface area contributed by atoms with Gasteiger partial charge in [-0.1, -0.05) is 0 Å². The van der Waals surface area contributed by atoms with Gasteiger partial charge < -0.3 is 15.7 Å². The molecular weight excluding hydrogens is 280 g/mol. The standard InChI is InChI=1S/C13H14N2O4S/c1-6(13(18)19)14-12(17)8-3-4-10-9(5-8)15-11(16)7(2)20-10/h3-7H,1-2H3,(H,14,17)(H,15,16)(H,18,19)/t6-,7?/m1/s1. The molecule has 7 heteroatoms. The summed E-state index contributed by atoms with van der Waals surface area (Å²) in [4.78, 5) is 35.1. The summed E-state index contributed by atoms with van der Waals surface area (Å²) < 4.78 is 0. The molecule has 0 saturated heterocycles. The largest absolute Gasteiger partial charge is 0.480 e. The molecule has 0 aromatic heterocycles. The van der Waals surface area contributed by atoms with Crippen LogP contribution in [0, 0.1) is 0 Å². The minimum atomic E-state index is -1.10. The summed E-state index contributed by atoms with van der Waals surface area (Å²) in [7, 11) is 0. The number of anilines is 1. The van der Waals surface area contributed by atoms with Crippen molar-refractivity contribution in [1.29, 1.82) is 0 Å². The van der Waals surface area contributed by atoms with E-state index in [-0.39, 0.29) is 11.2 Å². The molecule has 2 amide bonds. The fourth-order valence-corrected chi connectivity index (χ4v) is 2.62. The Balaban J connectivity index is 2.19. The van der Waals surface area contributed by atoms with Crippen LogP contribution in [-0.4, -0.2) is 34.2 Å². The number of hydrogen-bond acceptors (Lipinski definition) is 4. The third kappa shape index (κ3) is 2.93. The fourth-order valence-electron chi connectivity index (χ4n) is 1.69. The van der Waals surface area contributed by atoms with Crippen molar-refractivity contribution in [3.63, 3.8) is 0 Å². The van der Waals surface area contributed by atoms with E-state index in [4.69, 9.17) is 5.11 Å². The topological polar surface area (TPSA) is 95.5 Å². The molecule has 0 spiro atoms. The lowest BCUT2D eigenvalue weighted by atomic mass is 10.1. The van der Waals surface area contributed by atoms with E-state index < -0.39 is 17.9 Å². The maximum atomic E-state index is 11.9. The van der Waals surface area contributed by atoms with Crippen LogP contribution < -0.4 is 10.6 Å². The minimum absolute atomic E-state index is 0.112. The molecule has 2 rings (SSSR count). The Labute approximate surface area is 119 Å². The maximum Gasteiger partial charge on any atom is 0.325 e. The molecule has 1 aromatic rings. The Bertz CT molecular complexity index is 588. The lowest BCUT2D eigenvalue weighted by molar-refractivity contribution is -0.138. The van der Waals surface area contributed by atoms with Gasteiger partial charge in [-0.15, -0.1) is 11.8 Å². The third-order valence-corrected chi connectivity index (χ3v) is 4.07. The highest BCUT2D eigenvalue weighted by atomic mass is 32.2. The SMILES string of the molecule is CC1Sc2ccc(C(=O)N[C@H](C)C(=O)O)cc2NC1=O. The van der Waals surface area contributed by atoms with Crippen molar-refractivity contribution in [2.75, 3.05) is 5.32 Å². The number of rotatable bonds is 3. The van der Waals surface area contributed by atoms with Crippen molar-refractivity contribution in [2.45, 2.75) is 30.0 Å². The van der Waals surface area contributed by atoms with Gasteiger partial charge >= 0.3 is 5.97 Å². The highest BCUT2D eigenvalue weighted by Gasteiger charge is 2.24. The van der Waals surface area contributed by atoms with Crippen LogP contribution in [0.5, 0.6) is 0 Å². The zero-order chi connectivity index (χ0) is 14.9. The smallest absolute Gasteiger partial charge is 0.325 e. The van der Waals surface area contributed by atoms with E-state index in [1.807, 2.05) is 0 Å². The second kappa shape index (κ2) is 5.54. The molecule has 106 valence electrons. The molecule has 1 aliphatic rings. The summed E-state index contributed by atoms with van der Waals surface area (Å²) in [5.41, 5.74) is 0.890. The van der Waals surface area contributed by atoms with Crippen molar-refractivity contribution >= 4 is 35.2 Å². The first-order chi connectivity index (χ1) is 9.38. The van der Waals surface area contributed by atoms with Gasteiger partial charge in [-0.25, -0.2) is 0 Å². The number of nitrogens with one attached hydrogen (secondary N) is 2. The molecule has 1 heterocycles. The number of carboxylic acid groups (broad SMARTS) is 1. The molecule has 0 radical (unpaired) electrons. The first kappa shape index (κ1) is 14.4. The number of fused-ring (bicyclic) bond motifs is 1. The normalized spacial score (nSPS) is 18.7. The average Bonchev–Trinajstić information content (AvgIpc) is 2.39. The summed E-state index contributed by atoms with van der Waals surface area (Å²) in [5.74, 6) is -1.70. The van der Waals surface area contributed by atoms with Crippen molar-refractivity contribution in [1.82, 2.24) is 5.32 Å². The van der Waals surface area contributed by atoms with E-state index in [0.29, 0.717) is 11.3 Å². The van der Waals surface area contributed by atoms with Gasteiger partial charge in [0.2, 0.25) is 5.91 Å². The number of carbonyl (C=O) groups excluding carboxylic acids is 2. The number of hydrogen-bond donors (Lipinski definition) is 3. The molecule has 0 fully saturated rings. The number of amides is 2. The van der Waals surface area contributed by atoms with E-state index in [1.165, 1.54) is 18.7 Å². The van der Waals surface area contributed by atoms with Crippen LogP contribution in [0.3, 0.4) is 0 Å². The van der Waals surface area contributed by atoms with Gasteiger partial charge in [0.1, 0.15) is 6.04 Å². The van der Waals surface area contributed by atoms with Gasteiger partial charge in [0.25, 0.3) is 5.91 Å². The Morgan fingerprint density at radius 1 is 1.45 bits per heavy atom. The van der Waals surface area contributed by atoms with Crippen molar-refractivity contribution in [2.24, 2.45) is 0 Å². The molecular formula is C13H14N2O4S. The molecule has 0 aliphatic carbocycles. The Morgan fingerprint density at radius 2 is 2.15 bits per heavy atom. The monoisotopic (exact) mass is 294 g/mol. The van der Waals surface area contributed by atoms with Crippen LogP contribution in [0.2, 0.25) is 0 Å². The van der Waals surface area contributed by atoms with Gasteiger partial charge in [-0.2, -0.15) is 0 Å². The summed E-state index contributed by atoms with van der Waals surface area (Å²) in [6.45, 7) is 3.19. The van der Waals surface area contributed by atoms with E-state index in [0.717, 1.165) is 4.90 Å². The van der Waals surface area contributed by atoms with E-state index >= 15 is 0 Å². The molecule has 20 heavy (non-hydrogen) atoms. The molecule has 0 saturated carbocycles. The number of carboxylic acids is 1. The minimum Gasteiger partial charge on any atom is -0.480 e. The summed E-state index contributed by atoms with van der Waals surface area (Å²) in [6, 6.07) is 3.94. The van der Waals surface area contributed by atoms with E-state index in [9.17, 15) is 14.4 Å². The zero-order valence-electron chi connectivity index (χ0n) is 11.0. The van der Waals surface area contributed by atoms with Gasteiger partial charge in [-0.3, -0.25) is 14.4 Å². The highest BCUT2D eigenvalue weighted by molar-refractivity contribution is 8.00. The first-order valence-electron chi connectivity index (χ1n) is 6.03. The molecule has 0 bridgehead atoms. The number of benzene rings is 1. The Hall–Kier alpha value is -2.02. The van der Waals surface area contributed by atoms with Crippen molar-refractivity contribution in [3.8, 4) is 0 Å². The van der Waals surface area contributed by atoms with Crippen LogP contribution in [0.25, 0.3) is 0 Å². The first-order valence-corrected chi connectivity index (χ1v) is 6.91. The van der Waals surface area contributed by atoms with Crippen molar-refractivity contribution < 1.29 is 19.5 Å². The quantitative estimate of drug-likeness (QED) is 0.781. The second-order valence-electron chi connectivity index (χ2n) is 4.49. The Morgan fingerprint density at radius 3 is 2.80 bits per heavy atom. The zero-order valence-corrected chi connectivity index (χ0v) is 11.8. The molecule has 2 atom stereocenters. The van der Waals surface area contributed by atoms with Gasteiger partial charge in [0.15, 0.2) is 0 Å². The summed E-state index contributed by atoms with van der Waals surface area (Å²) in [5, 5.41) is 13.7. The van der Waals surface area contributed by atoms with Crippen LogP contribution in [0.15, 0.2) is 23.1 Å². The number of aliphatic carboxylic acids is 1. The lowest BCUT2D eigenvalue weighted by Crippen LogP contribution is -2.38. The molecule has 6 nitrogen and oxygen atoms in total. The average molecular weight is 294 g/mol. The summed E-state index contributed by atoms with van der Waals surface area (Å²) in [6.07, 6.45) is 0. The van der Waals surface area contributed by atoms with Crippen LogP contribution in [0.4, 0.5) is 5.69 Å². The van der Waals surface area contributed by atoms with Crippen molar-refractivity contribution in [3.05, 3.63) is 23.8 Å². The van der Waals surface area contributed by atoms with Crippen LogP contribution in [0.1, 0.15) is 24.2 Å². The summed E-state index contributed by atoms with van der Waals surface area (Å²) >= 11 is 1.42. The maximum absolute atomic E-state index is 11.9. The molecule has 1 unspecified atom stereocenters. The predicted octanol–water partition coefficient (Wildman–Crippen LogP) is 1.32. The van der Waals surface area contributed by atoms with E-state index in [2.05, 4.69) is 10.6 Å². The second-order valence-corrected chi connectivity index (χ2v) is 5.88. The third-order valence-electron chi connectivity index (χ3n) is 2.89.